The molecule has 0 aliphatic carbocycles. The molecule has 2 unspecified atom stereocenters. The molecule has 2 atom stereocenters. The molecule has 104 valence electrons. The van der Waals surface area contributed by atoms with Crippen molar-refractivity contribution in [1.29, 1.82) is 0 Å². The first-order valence-electron chi connectivity index (χ1n) is 7.43. The maximum Gasteiger partial charge on any atom is 0.103 e. The van der Waals surface area contributed by atoms with Crippen LogP contribution in [0.4, 0.5) is 0 Å². The molecule has 0 aromatic heterocycles. The van der Waals surface area contributed by atoms with E-state index in [1.54, 1.807) is 0 Å². The van der Waals surface area contributed by atoms with Crippen LogP contribution in [-0.4, -0.2) is 30.0 Å². The molecule has 1 aliphatic rings. The second kappa shape index (κ2) is 9.29. The smallest absolute Gasteiger partial charge is 0.103 e. The molecule has 0 saturated heterocycles. The van der Waals surface area contributed by atoms with E-state index in [0.29, 0.717) is 6.17 Å². The van der Waals surface area contributed by atoms with Crippen molar-refractivity contribution in [1.82, 2.24) is 4.90 Å². The first kappa shape index (κ1) is 15.4. The van der Waals surface area contributed by atoms with Crippen LogP contribution in [0.25, 0.3) is 0 Å². The summed E-state index contributed by atoms with van der Waals surface area (Å²) in [5, 5.41) is 0. The molecule has 0 amide bonds. The summed E-state index contributed by atoms with van der Waals surface area (Å²) in [6.07, 6.45) is 15.8. The van der Waals surface area contributed by atoms with E-state index >= 15 is 0 Å². The number of rotatable bonds is 9. The normalized spacial score (nSPS) is 22.1. The van der Waals surface area contributed by atoms with Crippen molar-refractivity contribution in [3.05, 3.63) is 12.2 Å². The number of unbranched alkanes of at least 4 members (excludes halogenated alkanes) is 4. The van der Waals surface area contributed by atoms with Crippen molar-refractivity contribution in [3.63, 3.8) is 0 Å². The summed E-state index contributed by atoms with van der Waals surface area (Å²) in [6, 6.07) is 0. The van der Waals surface area contributed by atoms with Crippen molar-refractivity contribution < 1.29 is 0 Å². The molecule has 2 N–H and O–H groups in total. The number of hydrogen-bond acceptors (Lipinski definition) is 3. The van der Waals surface area contributed by atoms with E-state index in [0.717, 1.165) is 19.4 Å². The van der Waals surface area contributed by atoms with Gasteiger partial charge in [0.25, 0.3) is 0 Å². The fourth-order valence-electron chi connectivity index (χ4n) is 2.32. The van der Waals surface area contributed by atoms with Crippen LogP contribution in [0.2, 0.25) is 0 Å². The Bertz CT molecular complexity index is 258. The van der Waals surface area contributed by atoms with Crippen LogP contribution in [0.15, 0.2) is 17.1 Å². The Morgan fingerprint density at radius 2 is 2.11 bits per heavy atom. The zero-order valence-electron chi connectivity index (χ0n) is 12.0. The number of hydrogen-bond donors (Lipinski definition) is 1. The summed E-state index contributed by atoms with van der Waals surface area (Å²) in [7, 11) is 0. The molecule has 0 bridgehead atoms. The fraction of sp³-hybridized carbons (Fsp3) is 0.800. The maximum absolute atomic E-state index is 5.91. The number of allylic oxidation sites excluding steroid dienone is 2. The largest absolute Gasteiger partial charge is 0.316 e. The molecule has 0 fully saturated rings. The first-order valence-corrected chi connectivity index (χ1v) is 7.43. The number of nitrogens with two attached hydrogens (primary N) is 1. The Hall–Kier alpha value is -0.670. The molecular weight excluding hydrogens is 222 g/mol. The first-order chi connectivity index (χ1) is 8.75. The van der Waals surface area contributed by atoms with E-state index in [1.165, 1.54) is 32.1 Å². The zero-order valence-corrected chi connectivity index (χ0v) is 12.0. The van der Waals surface area contributed by atoms with Gasteiger partial charge in [0.2, 0.25) is 0 Å². The van der Waals surface area contributed by atoms with Gasteiger partial charge in [-0.25, -0.2) is 0 Å². The summed E-state index contributed by atoms with van der Waals surface area (Å²) in [5.74, 6) is 0. The summed E-state index contributed by atoms with van der Waals surface area (Å²) in [6.45, 7) is 5.19. The summed E-state index contributed by atoms with van der Waals surface area (Å²) >= 11 is 0. The summed E-state index contributed by atoms with van der Waals surface area (Å²) < 4.78 is 0. The van der Waals surface area contributed by atoms with Crippen molar-refractivity contribution >= 4 is 6.21 Å². The van der Waals surface area contributed by atoms with Gasteiger partial charge in [-0.3, -0.25) is 9.89 Å². The molecule has 0 spiro atoms. The third kappa shape index (κ3) is 5.78. The highest BCUT2D eigenvalue weighted by Crippen LogP contribution is 2.14. The van der Waals surface area contributed by atoms with Crippen molar-refractivity contribution in [3.8, 4) is 0 Å². The van der Waals surface area contributed by atoms with Gasteiger partial charge in [0.05, 0.1) is 6.17 Å². The Balaban J connectivity index is 2.06. The predicted octanol–water partition coefficient (Wildman–Crippen LogP) is 3.31. The van der Waals surface area contributed by atoms with Crippen LogP contribution >= 0.6 is 0 Å². The lowest BCUT2D eigenvalue weighted by Gasteiger charge is -2.26. The summed E-state index contributed by atoms with van der Waals surface area (Å²) in [4.78, 5) is 6.73. The van der Waals surface area contributed by atoms with E-state index in [9.17, 15) is 0 Å². The highest BCUT2D eigenvalue weighted by Gasteiger charge is 2.22. The van der Waals surface area contributed by atoms with E-state index in [2.05, 4.69) is 29.0 Å². The minimum Gasteiger partial charge on any atom is -0.316 e. The highest BCUT2D eigenvalue weighted by molar-refractivity contribution is 5.62. The van der Waals surface area contributed by atoms with Crippen molar-refractivity contribution in [2.24, 2.45) is 10.7 Å². The van der Waals surface area contributed by atoms with Gasteiger partial charge in [0.15, 0.2) is 0 Å². The molecule has 3 nitrogen and oxygen atoms in total. The average Bonchev–Trinajstić information content (AvgIpc) is 2.81. The van der Waals surface area contributed by atoms with E-state index in [4.69, 9.17) is 5.73 Å². The van der Waals surface area contributed by atoms with Gasteiger partial charge in [-0.05, 0) is 32.6 Å². The third-order valence-electron chi connectivity index (χ3n) is 3.46. The Morgan fingerprint density at radius 3 is 2.83 bits per heavy atom. The van der Waals surface area contributed by atoms with E-state index in [1.807, 2.05) is 13.1 Å². The summed E-state index contributed by atoms with van der Waals surface area (Å²) in [5.41, 5.74) is 5.91. The van der Waals surface area contributed by atoms with Crippen LogP contribution in [0.1, 0.15) is 58.8 Å². The van der Waals surface area contributed by atoms with Gasteiger partial charge in [0.1, 0.15) is 6.17 Å². The van der Waals surface area contributed by atoms with E-state index in [-0.39, 0.29) is 6.17 Å². The Labute approximate surface area is 112 Å². The SMILES string of the molecule is CCCCCC/C=C/CCC1N=CCN1C(C)N. The fourth-order valence-corrected chi connectivity index (χ4v) is 2.32. The third-order valence-corrected chi connectivity index (χ3v) is 3.46. The second-order valence-corrected chi connectivity index (χ2v) is 5.15. The molecular formula is C15H29N3. The molecule has 1 aliphatic heterocycles. The topological polar surface area (TPSA) is 41.6 Å². The minimum atomic E-state index is 0.107. The van der Waals surface area contributed by atoms with Crippen molar-refractivity contribution in [2.75, 3.05) is 6.54 Å². The second-order valence-electron chi connectivity index (χ2n) is 5.15. The standard InChI is InChI=1S/C15H29N3/c1-3-4-5-6-7-8-9-10-11-15-17-12-13-18(15)14(2)16/h8-9,12,14-15H,3-7,10-11,13,16H2,1-2H3/b9-8+. The van der Waals surface area contributed by atoms with Crippen molar-refractivity contribution in [2.45, 2.75) is 71.1 Å². The number of nitrogens with zero attached hydrogens (tertiary/aromatic N) is 2. The lowest BCUT2D eigenvalue weighted by molar-refractivity contribution is 0.186. The molecule has 1 rings (SSSR count). The molecule has 0 saturated carbocycles. The van der Waals surface area contributed by atoms with E-state index < -0.39 is 0 Å². The molecule has 0 aromatic rings. The van der Waals surface area contributed by atoms with Crippen LogP contribution in [0.3, 0.4) is 0 Å². The zero-order chi connectivity index (χ0) is 13.2. The van der Waals surface area contributed by atoms with Crippen LogP contribution in [0, 0.1) is 0 Å². The maximum atomic E-state index is 5.91. The Morgan fingerprint density at radius 1 is 1.33 bits per heavy atom. The molecule has 18 heavy (non-hydrogen) atoms. The predicted molar refractivity (Wildman–Crippen MR) is 79.8 cm³/mol. The van der Waals surface area contributed by atoms with Gasteiger partial charge in [0, 0.05) is 12.8 Å². The minimum absolute atomic E-state index is 0.107. The quantitative estimate of drug-likeness (QED) is 0.504. The van der Waals surface area contributed by atoms with Gasteiger partial charge in [-0.15, -0.1) is 0 Å². The lowest BCUT2D eigenvalue weighted by Crippen LogP contribution is -2.43. The van der Waals surface area contributed by atoms with Crippen LogP contribution < -0.4 is 5.73 Å². The van der Waals surface area contributed by atoms with Crippen LogP contribution in [-0.2, 0) is 0 Å². The van der Waals surface area contributed by atoms with Gasteiger partial charge in [-0.2, -0.15) is 0 Å². The highest BCUT2D eigenvalue weighted by atomic mass is 15.3. The van der Waals surface area contributed by atoms with Crippen LogP contribution in [0.5, 0.6) is 0 Å². The van der Waals surface area contributed by atoms with Gasteiger partial charge in [-0.1, -0.05) is 38.3 Å². The molecule has 1 heterocycles. The molecule has 0 aromatic carbocycles. The van der Waals surface area contributed by atoms with Gasteiger partial charge >= 0.3 is 0 Å². The molecule has 0 radical (unpaired) electrons. The Kier molecular flexibility index (Phi) is 7.94. The number of aliphatic imine (C=N–C) groups is 1. The van der Waals surface area contributed by atoms with Gasteiger partial charge < -0.3 is 5.73 Å². The molecule has 3 heteroatoms. The lowest BCUT2D eigenvalue weighted by atomic mass is 10.1. The average molecular weight is 251 g/mol. The monoisotopic (exact) mass is 251 g/mol.